The molecule has 0 aliphatic heterocycles. The molecule has 6 N–H and O–H groups in total. The van der Waals surface area contributed by atoms with Crippen LogP contribution < -0.4 is 11.5 Å². The number of nitrogens with two attached hydrogens (primary N) is 2. The number of aliphatic carboxylic acids is 2. The Morgan fingerprint density at radius 1 is 0.750 bits per heavy atom. The van der Waals surface area contributed by atoms with E-state index in [2.05, 4.69) is 0 Å². The Kier molecular flexibility index (Phi) is 13.5. The van der Waals surface area contributed by atoms with Crippen LogP contribution in [0.3, 0.4) is 0 Å². The van der Waals surface area contributed by atoms with Crippen LogP contribution in [0.15, 0.2) is 24.3 Å². The van der Waals surface area contributed by atoms with Gasteiger partial charge in [-0.15, -0.1) is 0 Å². The van der Waals surface area contributed by atoms with E-state index in [1.54, 1.807) is 0 Å². The van der Waals surface area contributed by atoms with Crippen molar-refractivity contribution in [1.82, 2.24) is 0 Å². The maximum atomic E-state index is 10.1. The normalized spacial score (nSPS) is 9.92. The third-order valence-electron chi connectivity index (χ3n) is 3.49. The first kappa shape index (κ1) is 22.1. The van der Waals surface area contributed by atoms with Gasteiger partial charge in [0.1, 0.15) is 0 Å². The van der Waals surface area contributed by atoms with Crippen molar-refractivity contribution in [1.29, 1.82) is 0 Å². The molecule has 1 aromatic rings. The van der Waals surface area contributed by atoms with Gasteiger partial charge < -0.3 is 21.7 Å². The number of hydrogen-bond acceptors (Lipinski definition) is 4. The van der Waals surface area contributed by atoms with Crippen molar-refractivity contribution in [2.45, 2.75) is 64.5 Å². The first-order valence-corrected chi connectivity index (χ1v) is 8.41. The molecule has 0 fully saturated rings. The van der Waals surface area contributed by atoms with Crippen LogP contribution >= 0.6 is 0 Å². The highest BCUT2D eigenvalue weighted by Gasteiger charge is 1.98. The van der Waals surface area contributed by atoms with E-state index in [-0.39, 0.29) is 12.8 Å². The van der Waals surface area contributed by atoms with Crippen LogP contribution in [0.25, 0.3) is 0 Å². The highest BCUT2D eigenvalue weighted by molar-refractivity contribution is 5.66. The van der Waals surface area contributed by atoms with E-state index in [1.165, 1.54) is 0 Å². The fourth-order valence-electron chi connectivity index (χ4n) is 2.14. The fraction of sp³-hybridized carbons (Fsp3) is 0.556. The summed E-state index contributed by atoms with van der Waals surface area (Å²) in [5.41, 5.74) is 13.1. The lowest BCUT2D eigenvalue weighted by Gasteiger charge is -1.98. The zero-order chi connectivity index (χ0) is 18.2. The summed E-state index contributed by atoms with van der Waals surface area (Å²) in [4.78, 5) is 20.3. The van der Waals surface area contributed by atoms with E-state index in [0.717, 1.165) is 49.7 Å². The van der Waals surface area contributed by atoms with Gasteiger partial charge in [-0.25, -0.2) is 0 Å². The van der Waals surface area contributed by atoms with Crippen LogP contribution in [0, 0.1) is 0 Å². The van der Waals surface area contributed by atoms with Crippen molar-refractivity contribution >= 4 is 11.9 Å². The number of rotatable bonds is 11. The number of benzene rings is 1. The Morgan fingerprint density at radius 3 is 1.46 bits per heavy atom. The van der Waals surface area contributed by atoms with Crippen LogP contribution in [0.2, 0.25) is 0 Å². The summed E-state index contributed by atoms with van der Waals surface area (Å²) in [5, 5.41) is 16.7. The van der Waals surface area contributed by atoms with Crippen molar-refractivity contribution in [3.8, 4) is 0 Å². The second-order valence-corrected chi connectivity index (χ2v) is 5.64. The second kappa shape index (κ2) is 14.7. The summed E-state index contributed by atoms with van der Waals surface area (Å²) in [5.74, 6) is -1.48. The quantitative estimate of drug-likeness (QED) is 0.459. The molecule has 0 bridgehead atoms. The second-order valence-electron chi connectivity index (χ2n) is 5.64. The van der Waals surface area contributed by atoms with Crippen LogP contribution in [0.5, 0.6) is 0 Å². The first-order valence-electron chi connectivity index (χ1n) is 8.41. The Morgan fingerprint density at radius 2 is 1.12 bits per heavy atom. The van der Waals surface area contributed by atoms with E-state index >= 15 is 0 Å². The maximum Gasteiger partial charge on any atom is 0.303 e. The molecule has 0 atom stereocenters. The lowest BCUT2D eigenvalue weighted by molar-refractivity contribution is -0.138. The molecule has 6 heteroatoms. The minimum Gasteiger partial charge on any atom is -0.481 e. The minimum absolute atomic E-state index is 0.245. The molecular weight excluding hydrogens is 308 g/mol. The summed E-state index contributed by atoms with van der Waals surface area (Å²) in [6.45, 7) is 1.18. The van der Waals surface area contributed by atoms with Gasteiger partial charge in [0.05, 0.1) is 0 Å². The monoisotopic (exact) mass is 338 g/mol. The molecule has 0 saturated heterocycles. The summed E-state index contributed by atoms with van der Waals surface area (Å²) in [6, 6.07) is 8.00. The van der Waals surface area contributed by atoms with Gasteiger partial charge in [-0.3, -0.25) is 9.59 Å². The van der Waals surface area contributed by atoms with Gasteiger partial charge in [0.15, 0.2) is 0 Å². The first-order chi connectivity index (χ1) is 11.5. The lowest BCUT2D eigenvalue weighted by atomic mass is 10.1. The molecule has 0 radical (unpaired) electrons. The molecule has 1 aromatic carbocycles. The number of hydrogen-bond donors (Lipinski definition) is 4. The van der Waals surface area contributed by atoms with Crippen LogP contribution in [-0.4, -0.2) is 22.2 Å². The molecular formula is C18H30N2O4. The number of carbonyl (C=O) groups is 2. The molecule has 136 valence electrons. The highest BCUT2D eigenvalue weighted by Crippen LogP contribution is 2.08. The minimum atomic E-state index is -0.740. The molecule has 0 aliphatic carbocycles. The van der Waals surface area contributed by atoms with Gasteiger partial charge in [-0.1, -0.05) is 49.9 Å². The lowest BCUT2D eigenvalue weighted by Crippen LogP contribution is -2.00. The summed E-state index contributed by atoms with van der Waals surface area (Å²) >= 11 is 0. The predicted molar refractivity (Wildman–Crippen MR) is 94.4 cm³/mol. The highest BCUT2D eigenvalue weighted by atomic mass is 16.4. The summed E-state index contributed by atoms with van der Waals surface area (Å²) in [7, 11) is 0. The molecule has 0 aliphatic rings. The fourth-order valence-corrected chi connectivity index (χ4v) is 2.14. The van der Waals surface area contributed by atoms with Crippen molar-refractivity contribution in [3.63, 3.8) is 0 Å². The molecule has 0 spiro atoms. The van der Waals surface area contributed by atoms with E-state index in [0.29, 0.717) is 13.1 Å². The van der Waals surface area contributed by atoms with Gasteiger partial charge in [0.2, 0.25) is 0 Å². The summed E-state index contributed by atoms with van der Waals surface area (Å²) < 4.78 is 0. The van der Waals surface area contributed by atoms with Gasteiger partial charge in [0.25, 0.3) is 0 Å². The SMILES string of the molecule is NCc1cccc(CN)c1.O=C(O)CCCCCCCCC(=O)O. The Balaban J connectivity index is 0.000000463. The predicted octanol–water partition coefficient (Wildman–Crippen LogP) is 2.88. The smallest absolute Gasteiger partial charge is 0.303 e. The van der Waals surface area contributed by atoms with E-state index in [9.17, 15) is 9.59 Å². The average Bonchev–Trinajstić information content (AvgIpc) is 2.57. The number of unbranched alkanes of at least 4 members (excludes halogenated alkanes) is 5. The largest absolute Gasteiger partial charge is 0.481 e. The van der Waals surface area contributed by atoms with Crippen molar-refractivity contribution in [3.05, 3.63) is 35.4 Å². The molecule has 6 nitrogen and oxygen atoms in total. The topological polar surface area (TPSA) is 127 Å². The zero-order valence-electron chi connectivity index (χ0n) is 14.2. The van der Waals surface area contributed by atoms with Gasteiger partial charge in [-0.2, -0.15) is 0 Å². The van der Waals surface area contributed by atoms with E-state index in [4.69, 9.17) is 21.7 Å². The third kappa shape index (κ3) is 13.7. The molecule has 0 aromatic heterocycles. The van der Waals surface area contributed by atoms with Crippen LogP contribution in [-0.2, 0) is 22.7 Å². The maximum absolute atomic E-state index is 10.1. The molecule has 0 unspecified atom stereocenters. The summed E-state index contributed by atoms with van der Waals surface area (Å²) in [6.07, 6.45) is 5.82. The number of carboxylic acid groups (broad SMARTS) is 2. The van der Waals surface area contributed by atoms with Gasteiger partial charge in [-0.05, 0) is 24.0 Å². The molecule has 24 heavy (non-hydrogen) atoms. The average molecular weight is 338 g/mol. The van der Waals surface area contributed by atoms with Gasteiger partial charge >= 0.3 is 11.9 Å². The third-order valence-corrected chi connectivity index (χ3v) is 3.49. The zero-order valence-corrected chi connectivity index (χ0v) is 14.2. The number of carboxylic acids is 2. The Bertz CT molecular complexity index is 439. The molecule has 1 rings (SSSR count). The van der Waals surface area contributed by atoms with Crippen molar-refractivity contribution < 1.29 is 19.8 Å². The molecule has 0 heterocycles. The van der Waals surface area contributed by atoms with Crippen molar-refractivity contribution in [2.75, 3.05) is 0 Å². The van der Waals surface area contributed by atoms with Crippen molar-refractivity contribution in [2.24, 2.45) is 11.5 Å². The van der Waals surface area contributed by atoms with Gasteiger partial charge in [0, 0.05) is 25.9 Å². The van der Waals surface area contributed by atoms with E-state index in [1.807, 2.05) is 24.3 Å². The van der Waals surface area contributed by atoms with Crippen LogP contribution in [0.1, 0.15) is 62.5 Å². The molecule has 0 amide bonds. The van der Waals surface area contributed by atoms with E-state index < -0.39 is 11.9 Å². The Labute approximate surface area is 143 Å². The van der Waals surface area contributed by atoms with Crippen LogP contribution in [0.4, 0.5) is 0 Å². The molecule has 0 saturated carbocycles. The Hall–Kier alpha value is -1.92. The standard InChI is InChI=1S/C10H18O4.C8H12N2/c11-9(12)7-5-3-1-2-4-6-8-10(13)14;9-5-7-2-1-3-8(4-7)6-10/h1-8H2,(H,11,12)(H,13,14);1-4H,5-6,9-10H2.